The van der Waals surface area contributed by atoms with Crippen molar-refractivity contribution in [3.05, 3.63) is 28.6 Å². The molecule has 0 unspecified atom stereocenters. The summed E-state index contributed by atoms with van der Waals surface area (Å²) in [6.45, 7) is 3.72. The van der Waals surface area contributed by atoms with Crippen molar-refractivity contribution in [1.29, 1.82) is 0 Å². The molecular weight excluding hydrogens is 302 g/mol. The molecule has 8 heteroatoms. The van der Waals surface area contributed by atoms with Crippen LogP contribution in [-0.2, 0) is 16.6 Å². The number of nitrogens with zero attached hydrogens (tertiary/aromatic N) is 1. The number of rotatable bonds is 7. The lowest BCUT2D eigenvalue weighted by atomic mass is 10.4. The van der Waals surface area contributed by atoms with Gasteiger partial charge in [-0.1, -0.05) is 6.92 Å². The highest BCUT2D eigenvalue weighted by atomic mass is 32.2. The monoisotopic (exact) mass is 317 g/mol. The van der Waals surface area contributed by atoms with E-state index < -0.39 is 10.0 Å². The van der Waals surface area contributed by atoms with E-state index in [4.69, 9.17) is 0 Å². The highest BCUT2D eigenvalue weighted by molar-refractivity contribution is 7.94. The number of hydrogen-bond donors (Lipinski definition) is 2. The zero-order valence-electron chi connectivity index (χ0n) is 10.4. The van der Waals surface area contributed by atoms with Gasteiger partial charge in [0.05, 0.1) is 0 Å². The Balaban J connectivity index is 2.04. The average molecular weight is 317 g/mol. The van der Waals surface area contributed by atoms with E-state index >= 15 is 0 Å². The molecule has 0 radical (unpaired) electrons. The zero-order valence-corrected chi connectivity index (χ0v) is 12.9. The largest absolute Gasteiger partial charge is 0.312 e. The molecule has 0 aliphatic heterocycles. The number of anilines is 1. The van der Waals surface area contributed by atoms with Crippen molar-refractivity contribution in [3.8, 4) is 0 Å². The predicted octanol–water partition coefficient (Wildman–Crippen LogP) is 2.50. The topological polar surface area (TPSA) is 71.1 Å². The van der Waals surface area contributed by atoms with Crippen LogP contribution in [-0.4, -0.2) is 19.9 Å². The Kier molecular flexibility index (Phi) is 4.92. The molecule has 2 rings (SSSR count). The molecule has 2 N–H and O–H groups in total. The van der Waals surface area contributed by atoms with Crippen molar-refractivity contribution < 1.29 is 8.42 Å². The molecule has 19 heavy (non-hydrogen) atoms. The van der Waals surface area contributed by atoms with Crippen molar-refractivity contribution in [2.45, 2.75) is 24.1 Å². The minimum absolute atomic E-state index is 0.316. The minimum Gasteiger partial charge on any atom is -0.312 e. The summed E-state index contributed by atoms with van der Waals surface area (Å²) in [4.78, 5) is 4.92. The van der Waals surface area contributed by atoms with Crippen LogP contribution in [0.15, 0.2) is 27.9 Å². The maximum Gasteiger partial charge on any atom is 0.273 e. The number of hydrogen-bond acceptors (Lipinski definition) is 6. The van der Waals surface area contributed by atoms with Gasteiger partial charge in [0.25, 0.3) is 10.0 Å². The summed E-state index contributed by atoms with van der Waals surface area (Å²) in [5.41, 5.74) is 0. The van der Waals surface area contributed by atoms with E-state index in [1.54, 1.807) is 17.6 Å². The van der Waals surface area contributed by atoms with E-state index in [0.29, 0.717) is 15.9 Å². The van der Waals surface area contributed by atoms with Crippen LogP contribution in [0.1, 0.15) is 18.2 Å². The van der Waals surface area contributed by atoms with Gasteiger partial charge >= 0.3 is 0 Å². The van der Waals surface area contributed by atoms with Gasteiger partial charge in [0.2, 0.25) is 0 Å². The fraction of sp³-hybridized carbons (Fsp3) is 0.364. The molecular formula is C11H15N3O2S3. The van der Waals surface area contributed by atoms with Crippen molar-refractivity contribution in [1.82, 2.24) is 10.3 Å². The maximum absolute atomic E-state index is 12.1. The van der Waals surface area contributed by atoms with Gasteiger partial charge in [-0.25, -0.2) is 13.4 Å². The molecule has 0 saturated carbocycles. The van der Waals surface area contributed by atoms with E-state index in [9.17, 15) is 8.42 Å². The zero-order chi connectivity index (χ0) is 13.7. The molecule has 0 bridgehead atoms. The molecule has 5 nitrogen and oxygen atoms in total. The van der Waals surface area contributed by atoms with Crippen molar-refractivity contribution >= 4 is 37.8 Å². The molecule has 0 spiro atoms. The second kappa shape index (κ2) is 6.47. The first-order chi connectivity index (χ1) is 9.12. The second-order valence-corrected chi connectivity index (χ2v) is 7.81. The van der Waals surface area contributed by atoms with Crippen molar-refractivity contribution in [2.75, 3.05) is 11.3 Å². The predicted molar refractivity (Wildman–Crippen MR) is 79.2 cm³/mol. The molecule has 0 aliphatic rings. The van der Waals surface area contributed by atoms with Crippen LogP contribution in [0.25, 0.3) is 0 Å². The SMILES string of the molecule is CCCNCc1ccc(S(=O)(=O)Nc2nccs2)s1. The number of sulfonamides is 1. The Hall–Kier alpha value is -0.960. The van der Waals surface area contributed by atoms with Gasteiger partial charge in [-0.05, 0) is 25.1 Å². The lowest BCUT2D eigenvalue weighted by molar-refractivity contribution is 0.603. The molecule has 0 saturated heterocycles. The first kappa shape index (κ1) is 14.4. The quantitative estimate of drug-likeness (QED) is 0.770. The highest BCUT2D eigenvalue weighted by Gasteiger charge is 2.17. The minimum atomic E-state index is -3.50. The number of aromatic nitrogens is 1. The summed E-state index contributed by atoms with van der Waals surface area (Å²) in [6.07, 6.45) is 2.62. The van der Waals surface area contributed by atoms with E-state index in [1.807, 2.05) is 6.07 Å². The van der Waals surface area contributed by atoms with Gasteiger partial charge in [0.1, 0.15) is 4.21 Å². The lowest BCUT2D eigenvalue weighted by Crippen LogP contribution is -2.13. The van der Waals surface area contributed by atoms with E-state index in [2.05, 4.69) is 21.9 Å². The van der Waals surface area contributed by atoms with Crippen LogP contribution >= 0.6 is 22.7 Å². The van der Waals surface area contributed by atoms with Crippen LogP contribution in [0.3, 0.4) is 0 Å². The van der Waals surface area contributed by atoms with Gasteiger partial charge in [-0.15, -0.1) is 22.7 Å². The van der Waals surface area contributed by atoms with E-state index in [-0.39, 0.29) is 0 Å². The first-order valence-electron chi connectivity index (χ1n) is 5.83. The summed E-state index contributed by atoms with van der Waals surface area (Å²) in [5.74, 6) is 0. The molecule has 0 fully saturated rings. The Morgan fingerprint density at radius 1 is 1.37 bits per heavy atom. The number of thiazole rings is 1. The summed E-state index contributed by atoms with van der Waals surface area (Å²) < 4.78 is 27.0. The average Bonchev–Trinajstić information content (AvgIpc) is 3.00. The smallest absolute Gasteiger partial charge is 0.273 e. The van der Waals surface area contributed by atoms with Crippen LogP contribution in [0.5, 0.6) is 0 Å². The molecule has 0 aromatic carbocycles. The van der Waals surface area contributed by atoms with Gasteiger partial charge in [0.15, 0.2) is 5.13 Å². The van der Waals surface area contributed by atoms with Crippen LogP contribution in [0.2, 0.25) is 0 Å². The third-order valence-electron chi connectivity index (χ3n) is 2.28. The standard InChI is InChI=1S/C11H15N3O2S3/c1-2-5-12-8-9-3-4-10(18-9)19(15,16)14-11-13-6-7-17-11/h3-4,6-7,12H,2,5,8H2,1H3,(H,13,14). The Morgan fingerprint density at radius 2 is 2.21 bits per heavy atom. The molecule has 0 atom stereocenters. The van der Waals surface area contributed by atoms with Gasteiger partial charge < -0.3 is 5.32 Å². The molecule has 2 aromatic rings. The lowest BCUT2D eigenvalue weighted by Gasteiger charge is -2.02. The Bertz CT molecular complexity index is 605. The fourth-order valence-corrected chi connectivity index (χ4v) is 4.54. The van der Waals surface area contributed by atoms with Crippen molar-refractivity contribution in [3.63, 3.8) is 0 Å². The van der Waals surface area contributed by atoms with Crippen LogP contribution in [0, 0.1) is 0 Å². The fourth-order valence-electron chi connectivity index (χ4n) is 1.43. The second-order valence-electron chi connectivity index (χ2n) is 3.84. The third kappa shape index (κ3) is 4.00. The molecule has 2 aromatic heterocycles. The third-order valence-corrected chi connectivity index (χ3v) is 6.02. The van der Waals surface area contributed by atoms with Crippen LogP contribution < -0.4 is 10.0 Å². The number of thiophene rings is 1. The first-order valence-corrected chi connectivity index (χ1v) is 9.01. The van der Waals surface area contributed by atoms with E-state index in [1.165, 1.54) is 22.7 Å². The van der Waals surface area contributed by atoms with Gasteiger partial charge in [-0.3, -0.25) is 4.72 Å². The van der Waals surface area contributed by atoms with E-state index in [0.717, 1.165) is 17.8 Å². The normalized spacial score (nSPS) is 11.6. The highest BCUT2D eigenvalue weighted by Crippen LogP contribution is 2.24. The summed E-state index contributed by atoms with van der Waals surface area (Å²) in [5, 5.41) is 5.36. The molecule has 104 valence electrons. The number of nitrogens with one attached hydrogen (secondary N) is 2. The summed E-state index contributed by atoms with van der Waals surface area (Å²) in [6, 6.07) is 3.47. The Morgan fingerprint density at radius 3 is 2.89 bits per heavy atom. The van der Waals surface area contributed by atoms with Gasteiger partial charge in [-0.2, -0.15) is 0 Å². The summed E-state index contributed by atoms with van der Waals surface area (Å²) >= 11 is 2.54. The maximum atomic E-state index is 12.1. The van der Waals surface area contributed by atoms with Gasteiger partial charge in [0, 0.05) is 23.0 Å². The van der Waals surface area contributed by atoms with Crippen molar-refractivity contribution in [2.24, 2.45) is 0 Å². The Labute approximate surface area is 120 Å². The van der Waals surface area contributed by atoms with Crippen LogP contribution in [0.4, 0.5) is 5.13 Å². The summed E-state index contributed by atoms with van der Waals surface area (Å²) in [7, 11) is -3.50. The molecule has 2 heterocycles. The molecule has 0 amide bonds. The molecule has 0 aliphatic carbocycles.